The average Bonchev–Trinajstić information content (AvgIpc) is 3.48. The topological polar surface area (TPSA) is 78.3 Å². The molecule has 164 valence electrons. The van der Waals surface area contributed by atoms with E-state index < -0.39 is 0 Å². The summed E-state index contributed by atoms with van der Waals surface area (Å²) in [6.45, 7) is 6.97. The number of aryl methyl sites for hydroxylation is 1. The van der Waals surface area contributed by atoms with Gasteiger partial charge in [-0.25, -0.2) is 9.67 Å². The fourth-order valence-electron chi connectivity index (χ4n) is 4.03. The molecule has 32 heavy (non-hydrogen) atoms. The number of nitrogens with zero attached hydrogens (tertiary/aromatic N) is 3. The van der Waals surface area contributed by atoms with Crippen molar-refractivity contribution in [3.63, 3.8) is 0 Å². The van der Waals surface area contributed by atoms with Crippen LogP contribution in [-0.2, 0) is 13.0 Å². The zero-order valence-electron chi connectivity index (χ0n) is 18.2. The molecule has 5 rings (SSSR count). The molecule has 1 aliphatic heterocycles. The van der Waals surface area contributed by atoms with E-state index in [1.54, 1.807) is 23.6 Å². The fourth-order valence-corrected chi connectivity index (χ4v) is 4.71. The summed E-state index contributed by atoms with van der Waals surface area (Å²) < 4.78 is 13.5. The summed E-state index contributed by atoms with van der Waals surface area (Å²) in [6.07, 6.45) is 2.65. The molecule has 4 aromatic rings. The number of benzene rings is 1. The minimum Gasteiger partial charge on any atom is -0.492 e. The van der Waals surface area contributed by atoms with Crippen molar-refractivity contribution in [1.82, 2.24) is 14.8 Å². The van der Waals surface area contributed by atoms with Crippen LogP contribution in [0.5, 0.6) is 11.5 Å². The molecule has 0 bridgehead atoms. The molecule has 7 nitrogen and oxygen atoms in total. The number of carbonyl (C=O) groups excluding carboxylic acids is 1. The van der Waals surface area contributed by atoms with Gasteiger partial charge >= 0.3 is 0 Å². The molecule has 0 saturated heterocycles. The van der Waals surface area contributed by atoms with E-state index >= 15 is 0 Å². The molecule has 1 aliphatic rings. The Bertz CT molecular complexity index is 1300. The number of fused-ring (bicyclic) bond motifs is 2. The first-order valence-electron chi connectivity index (χ1n) is 10.6. The van der Waals surface area contributed by atoms with Gasteiger partial charge in [-0.3, -0.25) is 4.79 Å². The van der Waals surface area contributed by atoms with Gasteiger partial charge in [0.25, 0.3) is 5.91 Å². The summed E-state index contributed by atoms with van der Waals surface area (Å²) in [6, 6.07) is 9.69. The molecule has 0 aliphatic carbocycles. The number of pyridine rings is 1. The maximum absolute atomic E-state index is 13.4. The van der Waals surface area contributed by atoms with Gasteiger partial charge in [0.05, 0.1) is 36.0 Å². The third-order valence-electron chi connectivity index (χ3n) is 5.41. The van der Waals surface area contributed by atoms with E-state index in [9.17, 15) is 4.79 Å². The average molecular weight is 449 g/mol. The summed E-state index contributed by atoms with van der Waals surface area (Å²) in [4.78, 5) is 19.2. The summed E-state index contributed by atoms with van der Waals surface area (Å²) >= 11 is 1.67. The normalized spacial score (nSPS) is 14.9. The van der Waals surface area contributed by atoms with Gasteiger partial charge in [-0.05, 0) is 44.4 Å². The maximum atomic E-state index is 13.4. The van der Waals surface area contributed by atoms with Crippen LogP contribution in [0.25, 0.3) is 11.0 Å². The second-order valence-corrected chi connectivity index (χ2v) is 8.94. The highest BCUT2D eigenvalue weighted by atomic mass is 32.1. The Balaban J connectivity index is 1.49. The van der Waals surface area contributed by atoms with Crippen LogP contribution in [0.2, 0.25) is 0 Å². The Kier molecular flexibility index (Phi) is 5.30. The molecule has 1 amide bonds. The first-order chi connectivity index (χ1) is 15.5. The largest absolute Gasteiger partial charge is 0.492 e. The first-order valence-corrected chi connectivity index (χ1v) is 11.5. The highest BCUT2D eigenvalue weighted by Gasteiger charge is 2.24. The lowest BCUT2D eigenvalue weighted by Gasteiger charge is -2.14. The Hall–Kier alpha value is -3.39. The Morgan fingerprint density at radius 2 is 2.25 bits per heavy atom. The van der Waals surface area contributed by atoms with Crippen molar-refractivity contribution < 1.29 is 14.3 Å². The molecule has 3 aromatic heterocycles. The lowest BCUT2D eigenvalue weighted by atomic mass is 10.1. The fraction of sp³-hybridized carbons (Fsp3) is 0.292. The minimum atomic E-state index is -0.233. The van der Waals surface area contributed by atoms with Gasteiger partial charge in [0, 0.05) is 28.6 Å². The van der Waals surface area contributed by atoms with Crippen molar-refractivity contribution >= 4 is 34.0 Å². The van der Waals surface area contributed by atoms with Gasteiger partial charge < -0.3 is 14.8 Å². The lowest BCUT2D eigenvalue weighted by Crippen LogP contribution is -2.14. The molecular weight excluding hydrogens is 424 g/mol. The number of carbonyl (C=O) groups is 1. The molecule has 1 atom stereocenters. The van der Waals surface area contributed by atoms with E-state index in [2.05, 4.69) is 21.5 Å². The Morgan fingerprint density at radius 1 is 1.38 bits per heavy atom. The van der Waals surface area contributed by atoms with Crippen LogP contribution < -0.4 is 14.8 Å². The number of anilines is 1. The highest BCUT2D eigenvalue weighted by Crippen LogP contribution is 2.38. The van der Waals surface area contributed by atoms with E-state index in [1.165, 1.54) is 4.88 Å². The highest BCUT2D eigenvalue weighted by molar-refractivity contribution is 7.09. The standard InChI is InChI=1S/C24H24N4O3S/c1-4-30-22-10-16-9-15(3)31-21(16)11-20(22)27-24(29)18-8-14(2)26-23-19(18)12-25-28(23)13-17-6-5-7-32-17/h5-8,10-12,15H,4,9,13H2,1-3H3,(H,27,29)/t15-/m0/s1. The van der Waals surface area contributed by atoms with Crippen LogP contribution in [0.1, 0.15) is 40.3 Å². The van der Waals surface area contributed by atoms with E-state index in [4.69, 9.17) is 9.47 Å². The minimum absolute atomic E-state index is 0.113. The van der Waals surface area contributed by atoms with Crippen LogP contribution in [0, 0.1) is 6.92 Å². The summed E-state index contributed by atoms with van der Waals surface area (Å²) in [5.74, 6) is 1.20. The number of hydrogen-bond donors (Lipinski definition) is 1. The molecule has 0 unspecified atom stereocenters. The van der Waals surface area contributed by atoms with Gasteiger partial charge in [0.2, 0.25) is 0 Å². The predicted molar refractivity (Wildman–Crippen MR) is 125 cm³/mol. The predicted octanol–water partition coefficient (Wildman–Crippen LogP) is 4.82. The number of ether oxygens (including phenoxy) is 2. The van der Waals surface area contributed by atoms with Gasteiger partial charge in [-0.1, -0.05) is 6.07 Å². The number of amides is 1. The van der Waals surface area contributed by atoms with Crippen molar-refractivity contribution in [3.8, 4) is 11.5 Å². The van der Waals surface area contributed by atoms with Crippen LogP contribution in [-0.4, -0.2) is 33.4 Å². The van der Waals surface area contributed by atoms with Crippen LogP contribution >= 0.6 is 11.3 Å². The van der Waals surface area contributed by atoms with E-state index in [-0.39, 0.29) is 12.0 Å². The third kappa shape index (κ3) is 3.82. The SMILES string of the molecule is CCOc1cc2c(cc1NC(=O)c1cc(C)nc3c1cnn3Cc1cccs1)O[C@@H](C)C2. The molecule has 0 radical (unpaired) electrons. The molecular formula is C24H24N4O3S. The maximum Gasteiger partial charge on any atom is 0.256 e. The lowest BCUT2D eigenvalue weighted by molar-refractivity contribution is 0.102. The zero-order chi connectivity index (χ0) is 22.2. The smallest absolute Gasteiger partial charge is 0.256 e. The van der Waals surface area contributed by atoms with E-state index in [0.29, 0.717) is 41.2 Å². The summed E-state index contributed by atoms with van der Waals surface area (Å²) in [7, 11) is 0. The van der Waals surface area contributed by atoms with Gasteiger partial charge in [-0.2, -0.15) is 5.10 Å². The van der Waals surface area contributed by atoms with Gasteiger partial charge in [0.15, 0.2) is 5.65 Å². The van der Waals surface area contributed by atoms with E-state index in [1.807, 2.05) is 49.0 Å². The molecule has 4 heterocycles. The van der Waals surface area contributed by atoms with Crippen molar-refractivity contribution in [1.29, 1.82) is 0 Å². The number of hydrogen-bond acceptors (Lipinski definition) is 6. The number of nitrogens with one attached hydrogen (secondary N) is 1. The molecule has 0 fully saturated rings. The summed E-state index contributed by atoms with van der Waals surface area (Å²) in [5.41, 5.74) is 3.67. The van der Waals surface area contributed by atoms with Crippen molar-refractivity contribution in [3.05, 3.63) is 63.6 Å². The van der Waals surface area contributed by atoms with Gasteiger partial charge in [-0.15, -0.1) is 11.3 Å². The number of aromatic nitrogens is 3. The van der Waals surface area contributed by atoms with Crippen LogP contribution in [0.15, 0.2) is 41.9 Å². The second kappa shape index (κ2) is 8.27. The van der Waals surface area contributed by atoms with Crippen LogP contribution in [0.3, 0.4) is 0 Å². The van der Waals surface area contributed by atoms with Crippen LogP contribution in [0.4, 0.5) is 5.69 Å². The zero-order valence-corrected chi connectivity index (χ0v) is 19.0. The van der Waals surface area contributed by atoms with Crippen molar-refractivity contribution in [2.75, 3.05) is 11.9 Å². The quantitative estimate of drug-likeness (QED) is 0.457. The molecule has 0 saturated carbocycles. The monoisotopic (exact) mass is 448 g/mol. The number of rotatable bonds is 6. The molecule has 1 N–H and O–H groups in total. The first kappa shape index (κ1) is 20.5. The Morgan fingerprint density at radius 3 is 3.03 bits per heavy atom. The molecule has 8 heteroatoms. The molecule has 1 aromatic carbocycles. The second-order valence-electron chi connectivity index (χ2n) is 7.91. The number of thiophene rings is 1. The van der Waals surface area contributed by atoms with Crippen molar-refractivity contribution in [2.45, 2.75) is 39.8 Å². The Labute approximate surface area is 190 Å². The molecule has 0 spiro atoms. The third-order valence-corrected chi connectivity index (χ3v) is 6.28. The van der Waals surface area contributed by atoms with Gasteiger partial charge in [0.1, 0.15) is 17.6 Å². The van der Waals surface area contributed by atoms with E-state index in [0.717, 1.165) is 23.4 Å². The van der Waals surface area contributed by atoms with Crippen molar-refractivity contribution in [2.24, 2.45) is 0 Å². The summed E-state index contributed by atoms with van der Waals surface area (Å²) in [5, 5.41) is 10.3.